The summed E-state index contributed by atoms with van der Waals surface area (Å²) in [6, 6.07) is 9.55. The second kappa shape index (κ2) is 8.87. The second-order valence-corrected chi connectivity index (χ2v) is 8.70. The number of hydrogen-bond acceptors (Lipinski definition) is 6. The maximum absolute atomic E-state index is 12.5. The van der Waals surface area contributed by atoms with Gasteiger partial charge < -0.3 is 14.5 Å². The van der Waals surface area contributed by atoms with Crippen LogP contribution in [0.2, 0.25) is 0 Å². The molecule has 3 rings (SSSR count). The molecule has 1 aliphatic rings. The predicted octanol–water partition coefficient (Wildman–Crippen LogP) is 1.81. The number of anilines is 1. The van der Waals surface area contributed by atoms with Crippen LogP contribution >= 0.6 is 0 Å². The molecular weight excluding hydrogens is 382 g/mol. The third-order valence-corrected chi connectivity index (χ3v) is 5.71. The van der Waals surface area contributed by atoms with Crippen LogP contribution in [0.25, 0.3) is 0 Å². The Balaban J connectivity index is 1.60. The van der Waals surface area contributed by atoms with Gasteiger partial charge in [-0.1, -0.05) is 6.07 Å². The smallest absolute Gasteiger partial charge is 0.241 e. The van der Waals surface area contributed by atoms with Gasteiger partial charge in [-0.05, 0) is 44.2 Å². The number of sulfonamides is 1. The molecule has 1 aromatic heterocycles. The highest BCUT2D eigenvalue weighted by Gasteiger charge is 2.24. The van der Waals surface area contributed by atoms with E-state index in [2.05, 4.69) is 10.0 Å². The molecule has 0 spiro atoms. The maximum atomic E-state index is 12.5. The molecular formula is C19H25N3O5S. The van der Waals surface area contributed by atoms with Crippen LogP contribution in [0.3, 0.4) is 0 Å². The standard InChI is InChI=1S/C19H25N3O5S/c1-14-11-22(12-15(2)27-14)13-19(23)21-16-5-3-7-18(9-16)28(24,25)20-10-17-6-4-8-26-17/h3-9,14-15,20H,10-13H2,1-2H3,(H,21,23)/t14-,15-/m0/s1. The molecule has 9 heteroatoms. The molecule has 0 radical (unpaired) electrons. The molecule has 2 aromatic rings. The first-order valence-electron chi connectivity index (χ1n) is 9.11. The van der Waals surface area contributed by atoms with Crippen LogP contribution in [0, 0.1) is 0 Å². The number of nitrogens with one attached hydrogen (secondary N) is 2. The van der Waals surface area contributed by atoms with E-state index in [1.54, 1.807) is 24.3 Å². The number of furan rings is 1. The van der Waals surface area contributed by atoms with E-state index in [0.717, 1.165) is 0 Å². The van der Waals surface area contributed by atoms with E-state index in [0.29, 0.717) is 24.5 Å². The molecule has 0 bridgehead atoms. The molecule has 1 aromatic carbocycles. The first-order chi connectivity index (χ1) is 13.3. The lowest BCUT2D eigenvalue weighted by Crippen LogP contribution is -2.48. The van der Waals surface area contributed by atoms with Crippen molar-refractivity contribution in [3.63, 3.8) is 0 Å². The monoisotopic (exact) mass is 407 g/mol. The Hall–Kier alpha value is -2.20. The van der Waals surface area contributed by atoms with Gasteiger partial charge in [-0.25, -0.2) is 13.1 Å². The summed E-state index contributed by atoms with van der Waals surface area (Å²) in [6.45, 7) is 5.60. The van der Waals surface area contributed by atoms with Gasteiger partial charge in [-0.15, -0.1) is 0 Å². The predicted molar refractivity (Wildman–Crippen MR) is 104 cm³/mol. The number of carbonyl (C=O) groups is 1. The Bertz CT molecular complexity index is 888. The van der Waals surface area contributed by atoms with Crippen molar-refractivity contribution in [1.29, 1.82) is 0 Å². The van der Waals surface area contributed by atoms with Gasteiger partial charge in [0, 0.05) is 18.8 Å². The first-order valence-corrected chi connectivity index (χ1v) is 10.6. The number of amides is 1. The fourth-order valence-corrected chi connectivity index (χ4v) is 4.26. The van der Waals surface area contributed by atoms with Crippen molar-refractivity contribution in [3.8, 4) is 0 Å². The molecule has 2 heterocycles. The normalized spacial score (nSPS) is 20.8. The van der Waals surface area contributed by atoms with Gasteiger partial charge >= 0.3 is 0 Å². The first kappa shape index (κ1) is 20.5. The Morgan fingerprint density at radius 1 is 1.18 bits per heavy atom. The van der Waals surface area contributed by atoms with E-state index in [4.69, 9.17) is 9.15 Å². The van der Waals surface area contributed by atoms with Gasteiger partial charge in [-0.3, -0.25) is 9.69 Å². The van der Waals surface area contributed by atoms with Crippen LogP contribution in [0.15, 0.2) is 52.0 Å². The van der Waals surface area contributed by atoms with Gasteiger partial charge in [0.15, 0.2) is 0 Å². The largest absolute Gasteiger partial charge is 0.468 e. The van der Waals surface area contributed by atoms with Crippen molar-refractivity contribution in [3.05, 3.63) is 48.4 Å². The molecule has 152 valence electrons. The van der Waals surface area contributed by atoms with Crippen LogP contribution in [0.5, 0.6) is 0 Å². The van der Waals surface area contributed by atoms with Crippen molar-refractivity contribution >= 4 is 21.6 Å². The lowest BCUT2D eigenvalue weighted by molar-refractivity contribution is -0.121. The van der Waals surface area contributed by atoms with Crippen molar-refractivity contribution in [2.24, 2.45) is 0 Å². The summed E-state index contributed by atoms with van der Waals surface area (Å²) in [4.78, 5) is 14.5. The Morgan fingerprint density at radius 3 is 2.61 bits per heavy atom. The number of benzene rings is 1. The summed E-state index contributed by atoms with van der Waals surface area (Å²) in [5.41, 5.74) is 0.431. The molecule has 1 fully saturated rings. The van der Waals surface area contributed by atoms with E-state index in [-0.39, 0.29) is 36.1 Å². The number of carbonyl (C=O) groups excluding carboxylic acids is 1. The number of ether oxygens (including phenoxy) is 1. The summed E-state index contributed by atoms with van der Waals surface area (Å²) in [5, 5.41) is 2.77. The highest BCUT2D eigenvalue weighted by atomic mass is 32.2. The maximum Gasteiger partial charge on any atom is 0.241 e. The number of nitrogens with zero attached hydrogens (tertiary/aromatic N) is 1. The van der Waals surface area contributed by atoms with Crippen LogP contribution < -0.4 is 10.0 Å². The number of rotatable bonds is 7. The minimum absolute atomic E-state index is 0.0549. The Morgan fingerprint density at radius 2 is 1.93 bits per heavy atom. The highest BCUT2D eigenvalue weighted by Crippen LogP contribution is 2.17. The van der Waals surface area contributed by atoms with Crippen molar-refractivity contribution < 1.29 is 22.4 Å². The zero-order valence-electron chi connectivity index (χ0n) is 15.9. The fourth-order valence-electron chi connectivity index (χ4n) is 3.22. The molecule has 1 amide bonds. The van der Waals surface area contributed by atoms with Gasteiger partial charge in [0.05, 0.1) is 36.5 Å². The van der Waals surface area contributed by atoms with Crippen molar-refractivity contribution in [1.82, 2.24) is 9.62 Å². The Kier molecular flexibility index (Phi) is 6.50. The van der Waals surface area contributed by atoms with E-state index < -0.39 is 10.0 Å². The van der Waals surface area contributed by atoms with Gasteiger partial charge in [0.2, 0.25) is 15.9 Å². The van der Waals surface area contributed by atoms with E-state index in [1.165, 1.54) is 18.4 Å². The average Bonchev–Trinajstić information content (AvgIpc) is 3.13. The lowest BCUT2D eigenvalue weighted by Gasteiger charge is -2.34. The summed E-state index contributed by atoms with van der Waals surface area (Å²) >= 11 is 0. The summed E-state index contributed by atoms with van der Waals surface area (Å²) < 4.78 is 38.2. The van der Waals surface area contributed by atoms with Crippen molar-refractivity contribution in [2.75, 3.05) is 25.0 Å². The molecule has 0 unspecified atom stereocenters. The molecule has 2 atom stereocenters. The molecule has 1 saturated heterocycles. The molecule has 28 heavy (non-hydrogen) atoms. The zero-order chi connectivity index (χ0) is 20.1. The number of hydrogen-bond donors (Lipinski definition) is 2. The van der Waals surface area contributed by atoms with Crippen LogP contribution in [0.1, 0.15) is 19.6 Å². The van der Waals surface area contributed by atoms with Crippen LogP contribution in [-0.2, 0) is 26.1 Å². The second-order valence-electron chi connectivity index (χ2n) is 6.93. The number of morpholine rings is 1. The third kappa shape index (κ3) is 5.65. The minimum atomic E-state index is -3.72. The SMILES string of the molecule is C[C@H]1CN(CC(=O)Nc2cccc(S(=O)(=O)NCc3ccco3)c2)C[C@H](C)O1. The van der Waals surface area contributed by atoms with Crippen molar-refractivity contribution in [2.45, 2.75) is 37.5 Å². The highest BCUT2D eigenvalue weighted by molar-refractivity contribution is 7.89. The Labute approximate surface area is 164 Å². The van der Waals surface area contributed by atoms with Crippen LogP contribution in [-0.4, -0.2) is 51.1 Å². The third-order valence-electron chi connectivity index (χ3n) is 4.31. The summed E-state index contributed by atoms with van der Waals surface area (Å²) in [6.07, 6.45) is 1.63. The lowest BCUT2D eigenvalue weighted by atomic mass is 10.2. The topological polar surface area (TPSA) is 101 Å². The van der Waals surface area contributed by atoms with E-state index in [1.807, 2.05) is 18.7 Å². The molecule has 0 saturated carbocycles. The summed E-state index contributed by atoms with van der Waals surface area (Å²) in [7, 11) is -3.72. The molecule has 1 aliphatic heterocycles. The quantitative estimate of drug-likeness (QED) is 0.726. The van der Waals surface area contributed by atoms with Gasteiger partial charge in [0.25, 0.3) is 0 Å². The van der Waals surface area contributed by atoms with E-state index >= 15 is 0 Å². The average molecular weight is 407 g/mol. The van der Waals surface area contributed by atoms with Gasteiger partial charge in [0.1, 0.15) is 5.76 Å². The molecule has 8 nitrogen and oxygen atoms in total. The molecule has 2 N–H and O–H groups in total. The molecule has 0 aliphatic carbocycles. The zero-order valence-corrected chi connectivity index (χ0v) is 16.7. The summed E-state index contributed by atoms with van der Waals surface area (Å²) in [5.74, 6) is 0.321. The van der Waals surface area contributed by atoms with E-state index in [9.17, 15) is 13.2 Å². The van der Waals surface area contributed by atoms with Gasteiger partial charge in [-0.2, -0.15) is 0 Å². The minimum Gasteiger partial charge on any atom is -0.468 e. The fraction of sp³-hybridized carbons (Fsp3) is 0.421. The van der Waals surface area contributed by atoms with Crippen LogP contribution in [0.4, 0.5) is 5.69 Å².